The zero-order valence-electron chi connectivity index (χ0n) is 18.0. The zero-order valence-corrected chi connectivity index (χ0v) is 20.3. The summed E-state index contributed by atoms with van der Waals surface area (Å²) in [7, 11) is -3.57. The number of rotatable bonds is 6. The Morgan fingerprint density at radius 3 is 2.58 bits per heavy atom. The molecule has 2 aromatic carbocycles. The average Bonchev–Trinajstić information content (AvgIpc) is 2.70. The Morgan fingerprint density at radius 2 is 1.90 bits per heavy atom. The van der Waals surface area contributed by atoms with Gasteiger partial charge < -0.3 is 5.32 Å². The molecule has 0 spiro atoms. The Kier molecular flexibility index (Phi) is 7.68. The number of halogens is 2. The third-order valence-electron chi connectivity index (χ3n) is 5.73. The molecule has 2 aromatic rings. The number of benzene rings is 2. The first kappa shape index (κ1) is 24.1. The third kappa shape index (κ3) is 6.01. The minimum atomic E-state index is -3.57. The van der Waals surface area contributed by atoms with Crippen molar-refractivity contribution >= 4 is 39.1 Å². The number of carbonyl (C=O) groups is 1. The van der Waals surface area contributed by atoms with Crippen LogP contribution in [0.5, 0.6) is 0 Å². The van der Waals surface area contributed by atoms with E-state index in [-0.39, 0.29) is 30.2 Å². The summed E-state index contributed by atoms with van der Waals surface area (Å²) in [6, 6.07) is 10.8. The summed E-state index contributed by atoms with van der Waals surface area (Å²) in [5.74, 6) is -0.649. The molecule has 0 radical (unpaired) electrons. The Morgan fingerprint density at radius 1 is 1.16 bits per heavy atom. The number of nitrogens with one attached hydrogen (secondary N) is 1. The van der Waals surface area contributed by atoms with Gasteiger partial charge in [0.2, 0.25) is 15.9 Å². The number of carbonyl (C=O) groups excluding carboxylic acids is 1. The van der Waals surface area contributed by atoms with E-state index >= 15 is 0 Å². The first-order valence-corrected chi connectivity index (χ1v) is 12.7. The number of nitrogens with zero attached hydrogens (tertiary/aromatic N) is 1. The molecule has 1 N–H and O–H groups in total. The number of hydrogen-bond acceptors (Lipinski definition) is 3. The van der Waals surface area contributed by atoms with Crippen LogP contribution in [0.15, 0.2) is 36.4 Å². The quantitative estimate of drug-likeness (QED) is 0.627. The second-order valence-electron chi connectivity index (χ2n) is 8.29. The Labute approximate surface area is 194 Å². The van der Waals surface area contributed by atoms with E-state index in [0.29, 0.717) is 35.0 Å². The van der Waals surface area contributed by atoms with Crippen molar-refractivity contribution in [2.45, 2.75) is 45.4 Å². The fourth-order valence-corrected chi connectivity index (χ4v) is 5.98. The lowest BCUT2D eigenvalue weighted by atomic mass is 9.96. The van der Waals surface area contributed by atoms with E-state index < -0.39 is 10.0 Å². The van der Waals surface area contributed by atoms with Crippen LogP contribution in [-0.4, -0.2) is 31.7 Å². The maximum Gasteiger partial charge on any atom is 0.224 e. The van der Waals surface area contributed by atoms with Gasteiger partial charge in [-0.2, -0.15) is 0 Å². The summed E-state index contributed by atoms with van der Waals surface area (Å²) in [4.78, 5) is 12.9. The van der Waals surface area contributed by atoms with Crippen molar-refractivity contribution in [2.24, 2.45) is 5.92 Å². The van der Waals surface area contributed by atoms with E-state index in [1.807, 2.05) is 32.9 Å². The number of hydrogen-bond donors (Lipinski definition) is 1. The molecule has 0 aromatic heterocycles. The molecule has 1 aliphatic heterocycles. The molecule has 1 heterocycles. The van der Waals surface area contributed by atoms with Gasteiger partial charge in [-0.05, 0) is 62.4 Å². The summed E-state index contributed by atoms with van der Waals surface area (Å²) in [6.45, 7) is 6.63. The van der Waals surface area contributed by atoms with Gasteiger partial charge in [0, 0.05) is 13.1 Å². The first-order valence-electron chi connectivity index (χ1n) is 10.4. The fraction of sp³-hybridized carbons (Fsp3) is 0.435. The number of amides is 1. The van der Waals surface area contributed by atoms with E-state index in [9.17, 15) is 13.2 Å². The van der Waals surface area contributed by atoms with Crippen LogP contribution < -0.4 is 5.32 Å². The molecule has 3 rings (SSSR count). The molecule has 8 heteroatoms. The first-order chi connectivity index (χ1) is 14.6. The minimum Gasteiger partial charge on any atom is -0.349 e. The smallest absolute Gasteiger partial charge is 0.224 e. The molecule has 2 atom stereocenters. The van der Waals surface area contributed by atoms with Gasteiger partial charge in [0.1, 0.15) is 0 Å². The topological polar surface area (TPSA) is 66.5 Å². The molecule has 0 unspecified atom stereocenters. The van der Waals surface area contributed by atoms with Gasteiger partial charge >= 0.3 is 0 Å². The summed E-state index contributed by atoms with van der Waals surface area (Å²) in [6.07, 6.45) is 1.32. The highest BCUT2D eigenvalue weighted by atomic mass is 35.5. The van der Waals surface area contributed by atoms with Crippen molar-refractivity contribution in [3.05, 3.63) is 68.7 Å². The van der Waals surface area contributed by atoms with Crippen LogP contribution in [0.4, 0.5) is 0 Å². The lowest BCUT2D eigenvalue weighted by molar-refractivity contribution is -0.126. The Balaban J connectivity index is 1.66. The van der Waals surface area contributed by atoms with E-state index in [1.54, 1.807) is 18.2 Å². The fourth-order valence-electron chi connectivity index (χ4n) is 4.06. The van der Waals surface area contributed by atoms with Crippen LogP contribution in [0.3, 0.4) is 0 Å². The highest BCUT2D eigenvalue weighted by molar-refractivity contribution is 7.88. The average molecular weight is 483 g/mol. The SMILES string of the molecule is Cc1ccc([C@H](C)NC(=O)[C@@H]2CCCN(S(=O)(=O)Cc3ccc(Cl)c(Cl)c3)C2)c(C)c1. The van der Waals surface area contributed by atoms with Crippen molar-refractivity contribution < 1.29 is 13.2 Å². The number of aryl methyl sites for hydroxylation is 2. The molecular weight excluding hydrogens is 455 g/mol. The molecule has 0 aliphatic carbocycles. The van der Waals surface area contributed by atoms with Gasteiger partial charge in [0.05, 0.1) is 27.8 Å². The van der Waals surface area contributed by atoms with E-state index in [4.69, 9.17) is 23.2 Å². The van der Waals surface area contributed by atoms with Crippen molar-refractivity contribution in [2.75, 3.05) is 13.1 Å². The van der Waals surface area contributed by atoms with E-state index in [1.165, 1.54) is 9.87 Å². The van der Waals surface area contributed by atoms with Crippen molar-refractivity contribution in [1.29, 1.82) is 0 Å². The number of sulfonamides is 1. The molecular formula is C23H28Cl2N2O3S. The molecule has 31 heavy (non-hydrogen) atoms. The van der Waals surface area contributed by atoms with Crippen LogP contribution in [0.25, 0.3) is 0 Å². The maximum atomic E-state index is 13.0. The van der Waals surface area contributed by atoms with Crippen molar-refractivity contribution in [3.8, 4) is 0 Å². The van der Waals surface area contributed by atoms with E-state index in [2.05, 4.69) is 11.4 Å². The highest BCUT2D eigenvalue weighted by Crippen LogP contribution is 2.27. The lowest BCUT2D eigenvalue weighted by Crippen LogP contribution is -2.46. The van der Waals surface area contributed by atoms with Crippen LogP contribution >= 0.6 is 23.2 Å². The van der Waals surface area contributed by atoms with Crippen LogP contribution in [0.2, 0.25) is 10.0 Å². The third-order valence-corrected chi connectivity index (χ3v) is 8.29. The summed E-state index contributed by atoms with van der Waals surface area (Å²) >= 11 is 11.9. The largest absolute Gasteiger partial charge is 0.349 e. The second kappa shape index (κ2) is 9.90. The standard InChI is InChI=1S/C23H28Cl2N2O3S/c1-15-6-8-20(16(2)11-15)17(3)26-23(28)19-5-4-10-27(13-19)31(29,30)14-18-7-9-21(24)22(25)12-18/h6-9,11-12,17,19H,4-5,10,13-14H2,1-3H3,(H,26,28)/t17-,19+/m0/s1. The molecule has 1 fully saturated rings. The van der Waals surface area contributed by atoms with Crippen LogP contribution in [-0.2, 0) is 20.6 Å². The Bertz CT molecular complexity index is 1070. The molecule has 1 amide bonds. The van der Waals surface area contributed by atoms with Crippen LogP contribution in [0, 0.1) is 19.8 Å². The summed E-state index contributed by atoms with van der Waals surface area (Å²) in [5, 5.41) is 3.78. The second-order valence-corrected chi connectivity index (χ2v) is 11.1. The van der Waals surface area contributed by atoms with Gasteiger partial charge in [-0.15, -0.1) is 0 Å². The highest BCUT2D eigenvalue weighted by Gasteiger charge is 2.33. The normalized spacial score (nSPS) is 18.5. The minimum absolute atomic E-state index is 0.109. The Hall–Kier alpha value is -1.60. The monoisotopic (exact) mass is 482 g/mol. The van der Waals surface area contributed by atoms with Gasteiger partial charge in [0.15, 0.2) is 0 Å². The van der Waals surface area contributed by atoms with Gasteiger partial charge in [0.25, 0.3) is 0 Å². The van der Waals surface area contributed by atoms with Gasteiger partial charge in [-0.3, -0.25) is 4.79 Å². The van der Waals surface area contributed by atoms with Crippen molar-refractivity contribution in [1.82, 2.24) is 9.62 Å². The molecule has 168 valence electrons. The molecule has 0 saturated carbocycles. The van der Waals surface area contributed by atoms with E-state index in [0.717, 1.165) is 11.1 Å². The number of piperidine rings is 1. The summed E-state index contributed by atoms with van der Waals surface area (Å²) in [5.41, 5.74) is 3.94. The molecule has 5 nitrogen and oxygen atoms in total. The predicted molar refractivity (Wildman–Crippen MR) is 126 cm³/mol. The predicted octanol–water partition coefficient (Wildman–Crippen LogP) is 5.03. The maximum absolute atomic E-state index is 13.0. The van der Waals surface area contributed by atoms with Gasteiger partial charge in [-0.1, -0.05) is 53.0 Å². The van der Waals surface area contributed by atoms with Crippen LogP contribution in [0.1, 0.15) is 48.1 Å². The lowest BCUT2D eigenvalue weighted by Gasteiger charge is -2.32. The van der Waals surface area contributed by atoms with Gasteiger partial charge in [-0.25, -0.2) is 12.7 Å². The zero-order chi connectivity index (χ0) is 22.8. The van der Waals surface area contributed by atoms with Crippen molar-refractivity contribution in [3.63, 3.8) is 0 Å². The summed E-state index contributed by atoms with van der Waals surface area (Å²) < 4.78 is 27.3. The molecule has 0 bridgehead atoms. The molecule has 1 saturated heterocycles. The molecule has 1 aliphatic rings.